The number of carbonyl (C=O) groups is 1. The molecular weight excluding hydrogens is 366 g/mol. The number of carbonyl (C=O) groups excluding carboxylic acids is 1. The normalized spacial score (nSPS) is 15.3. The first-order valence-corrected chi connectivity index (χ1v) is 10.6. The van der Waals surface area contributed by atoms with Gasteiger partial charge in [0.15, 0.2) is 0 Å². The largest absolute Gasteiger partial charge is 0.497 e. The van der Waals surface area contributed by atoms with Crippen LogP contribution >= 0.6 is 0 Å². The second-order valence-electron chi connectivity index (χ2n) is 9.11. The maximum Gasteiger partial charge on any atom is 0.228 e. The molecule has 0 N–H and O–H groups in total. The molecule has 1 amide bonds. The van der Waals surface area contributed by atoms with Crippen LogP contribution in [0.3, 0.4) is 0 Å². The molecule has 0 radical (unpaired) electrons. The third-order valence-corrected chi connectivity index (χ3v) is 5.38. The Kier molecular flexibility index (Phi) is 6.93. The first-order valence-electron chi connectivity index (χ1n) is 10.6. The maximum absolute atomic E-state index is 13.0. The topological polar surface area (TPSA) is 68.5 Å². The molecule has 2 aromatic rings. The van der Waals surface area contributed by atoms with Crippen LogP contribution in [-0.4, -0.2) is 40.6 Å². The van der Waals surface area contributed by atoms with Gasteiger partial charge < -0.3 is 14.2 Å². The van der Waals surface area contributed by atoms with Crippen molar-refractivity contribution < 1.29 is 14.1 Å². The van der Waals surface area contributed by atoms with Crippen molar-refractivity contribution in [3.63, 3.8) is 0 Å². The molecule has 1 aromatic heterocycles. The standard InChI is InChI=1S/C23H33N3O3/c1-23(2,3)16-21(27)26(18-10-6-5-7-11-18)14-13-20-24-22(25-29-20)17-9-8-12-19(15-17)28-4/h8-9,12,15,18H,5-7,10-11,13-14,16H2,1-4H3. The molecule has 1 aliphatic rings. The van der Waals surface area contributed by atoms with E-state index >= 15 is 0 Å². The Hall–Kier alpha value is -2.37. The number of methoxy groups -OCH3 is 1. The monoisotopic (exact) mass is 399 g/mol. The van der Waals surface area contributed by atoms with Crippen LogP contribution in [0.15, 0.2) is 28.8 Å². The Bertz CT molecular complexity index is 804. The van der Waals surface area contributed by atoms with Crippen molar-refractivity contribution in [3.05, 3.63) is 30.2 Å². The minimum atomic E-state index is -0.0198. The quantitative estimate of drug-likeness (QED) is 0.663. The van der Waals surface area contributed by atoms with E-state index in [0.29, 0.717) is 37.1 Å². The van der Waals surface area contributed by atoms with Crippen LogP contribution in [0, 0.1) is 5.41 Å². The minimum absolute atomic E-state index is 0.0198. The molecule has 1 aromatic carbocycles. The van der Waals surface area contributed by atoms with Crippen LogP contribution in [0.4, 0.5) is 0 Å². The highest BCUT2D eigenvalue weighted by atomic mass is 16.5. The predicted molar refractivity (Wildman–Crippen MR) is 113 cm³/mol. The number of ether oxygens (including phenoxy) is 1. The molecule has 0 saturated heterocycles. The molecule has 0 unspecified atom stereocenters. The molecule has 29 heavy (non-hydrogen) atoms. The summed E-state index contributed by atoms with van der Waals surface area (Å²) in [6.07, 6.45) is 6.98. The Balaban J connectivity index is 1.68. The van der Waals surface area contributed by atoms with E-state index in [4.69, 9.17) is 9.26 Å². The second-order valence-corrected chi connectivity index (χ2v) is 9.11. The van der Waals surface area contributed by atoms with Gasteiger partial charge in [0, 0.05) is 31.0 Å². The first-order chi connectivity index (χ1) is 13.9. The smallest absolute Gasteiger partial charge is 0.228 e. The molecule has 0 spiro atoms. The van der Waals surface area contributed by atoms with Crippen molar-refractivity contribution in [2.24, 2.45) is 5.41 Å². The summed E-state index contributed by atoms with van der Waals surface area (Å²) >= 11 is 0. The third-order valence-electron chi connectivity index (χ3n) is 5.38. The average Bonchev–Trinajstić information content (AvgIpc) is 3.17. The van der Waals surface area contributed by atoms with Crippen LogP contribution in [0.2, 0.25) is 0 Å². The van der Waals surface area contributed by atoms with Crippen molar-refractivity contribution in [1.82, 2.24) is 15.0 Å². The van der Waals surface area contributed by atoms with Crippen molar-refractivity contribution >= 4 is 5.91 Å². The maximum atomic E-state index is 13.0. The molecular formula is C23H33N3O3. The lowest BCUT2D eigenvalue weighted by atomic mass is 9.89. The molecule has 1 fully saturated rings. The summed E-state index contributed by atoms with van der Waals surface area (Å²) in [4.78, 5) is 19.6. The molecule has 1 heterocycles. The number of hydrogen-bond donors (Lipinski definition) is 0. The van der Waals surface area contributed by atoms with Gasteiger partial charge in [-0.3, -0.25) is 4.79 Å². The molecule has 6 nitrogen and oxygen atoms in total. The van der Waals surface area contributed by atoms with E-state index in [-0.39, 0.29) is 11.3 Å². The molecule has 6 heteroatoms. The van der Waals surface area contributed by atoms with Gasteiger partial charge in [-0.15, -0.1) is 0 Å². The summed E-state index contributed by atoms with van der Waals surface area (Å²) in [6.45, 7) is 6.96. The van der Waals surface area contributed by atoms with Gasteiger partial charge in [0.2, 0.25) is 17.6 Å². The van der Waals surface area contributed by atoms with Gasteiger partial charge in [0.25, 0.3) is 0 Å². The number of benzene rings is 1. The van der Waals surface area contributed by atoms with Gasteiger partial charge in [0.1, 0.15) is 5.75 Å². The van der Waals surface area contributed by atoms with Crippen LogP contribution < -0.4 is 4.74 Å². The average molecular weight is 400 g/mol. The highest BCUT2D eigenvalue weighted by Gasteiger charge is 2.28. The summed E-state index contributed by atoms with van der Waals surface area (Å²) in [5, 5.41) is 4.11. The fourth-order valence-corrected chi connectivity index (χ4v) is 3.91. The lowest BCUT2D eigenvalue weighted by Crippen LogP contribution is -2.43. The Morgan fingerprint density at radius 1 is 1.24 bits per heavy atom. The summed E-state index contributed by atoms with van der Waals surface area (Å²) in [5.74, 6) is 2.10. The number of rotatable bonds is 7. The summed E-state index contributed by atoms with van der Waals surface area (Å²) in [6, 6.07) is 7.93. The van der Waals surface area contributed by atoms with Crippen LogP contribution in [0.25, 0.3) is 11.4 Å². The van der Waals surface area contributed by atoms with E-state index in [1.54, 1.807) is 7.11 Å². The first kappa shape index (κ1) is 21.3. The summed E-state index contributed by atoms with van der Waals surface area (Å²) < 4.78 is 10.7. The molecule has 158 valence electrons. The zero-order chi connectivity index (χ0) is 20.9. The third kappa shape index (κ3) is 6.05. The van der Waals surface area contributed by atoms with Gasteiger partial charge in [0.05, 0.1) is 7.11 Å². The van der Waals surface area contributed by atoms with E-state index in [9.17, 15) is 4.79 Å². The lowest BCUT2D eigenvalue weighted by Gasteiger charge is -2.35. The predicted octanol–water partition coefficient (Wildman–Crippen LogP) is 4.89. The number of amides is 1. The zero-order valence-corrected chi connectivity index (χ0v) is 18.1. The van der Waals surface area contributed by atoms with E-state index < -0.39 is 0 Å². The molecule has 0 atom stereocenters. The van der Waals surface area contributed by atoms with Gasteiger partial charge in [-0.25, -0.2) is 0 Å². The number of aromatic nitrogens is 2. The van der Waals surface area contributed by atoms with Gasteiger partial charge in [-0.05, 0) is 30.4 Å². The van der Waals surface area contributed by atoms with Crippen LogP contribution in [-0.2, 0) is 11.2 Å². The van der Waals surface area contributed by atoms with E-state index in [1.807, 2.05) is 24.3 Å². The molecule has 3 rings (SSSR count). The Morgan fingerprint density at radius 2 is 2.00 bits per heavy atom. The van der Waals surface area contributed by atoms with Gasteiger partial charge in [-0.1, -0.05) is 57.3 Å². The highest BCUT2D eigenvalue weighted by Crippen LogP contribution is 2.27. The Morgan fingerprint density at radius 3 is 2.69 bits per heavy atom. The fourth-order valence-electron chi connectivity index (χ4n) is 3.91. The minimum Gasteiger partial charge on any atom is -0.497 e. The van der Waals surface area contributed by atoms with Crippen molar-refractivity contribution in [1.29, 1.82) is 0 Å². The Labute approximate surface area is 173 Å². The molecule has 0 aliphatic heterocycles. The van der Waals surface area contributed by atoms with Gasteiger partial charge in [-0.2, -0.15) is 4.98 Å². The lowest BCUT2D eigenvalue weighted by molar-refractivity contribution is -0.136. The van der Waals surface area contributed by atoms with Crippen molar-refractivity contribution in [2.75, 3.05) is 13.7 Å². The van der Waals surface area contributed by atoms with E-state index in [0.717, 1.165) is 24.2 Å². The van der Waals surface area contributed by atoms with Crippen molar-refractivity contribution in [3.8, 4) is 17.1 Å². The summed E-state index contributed by atoms with van der Waals surface area (Å²) in [7, 11) is 1.63. The summed E-state index contributed by atoms with van der Waals surface area (Å²) in [5.41, 5.74) is 0.834. The van der Waals surface area contributed by atoms with Crippen molar-refractivity contribution in [2.45, 2.75) is 71.8 Å². The fraction of sp³-hybridized carbons (Fsp3) is 0.609. The molecule has 1 aliphatic carbocycles. The highest BCUT2D eigenvalue weighted by molar-refractivity contribution is 5.77. The molecule has 0 bridgehead atoms. The van der Waals surface area contributed by atoms with E-state index in [1.165, 1.54) is 19.3 Å². The molecule has 1 saturated carbocycles. The van der Waals surface area contributed by atoms with Crippen LogP contribution in [0.5, 0.6) is 5.75 Å². The number of nitrogens with zero attached hydrogens (tertiary/aromatic N) is 3. The SMILES string of the molecule is COc1cccc(-c2noc(CCN(C(=O)CC(C)(C)C)C3CCCCC3)n2)c1. The van der Waals surface area contributed by atoms with Crippen LogP contribution in [0.1, 0.15) is 65.2 Å². The number of hydrogen-bond acceptors (Lipinski definition) is 5. The van der Waals surface area contributed by atoms with Gasteiger partial charge >= 0.3 is 0 Å². The van der Waals surface area contributed by atoms with E-state index in [2.05, 4.69) is 35.8 Å². The zero-order valence-electron chi connectivity index (χ0n) is 18.1. The second kappa shape index (κ2) is 9.42.